The molecule has 1 N–H and O–H groups in total. The molecule has 20 heavy (non-hydrogen) atoms. The molecule has 0 bridgehead atoms. The van der Waals surface area contributed by atoms with Gasteiger partial charge in [-0.1, -0.05) is 19.9 Å². The molecule has 2 heterocycles. The highest BCUT2D eigenvalue weighted by Gasteiger charge is 2.46. The van der Waals surface area contributed by atoms with Crippen molar-refractivity contribution in [2.75, 3.05) is 18.1 Å². The van der Waals surface area contributed by atoms with Gasteiger partial charge in [0.05, 0.1) is 6.61 Å². The first-order valence-electron chi connectivity index (χ1n) is 7.00. The SMILES string of the molecule is CCOC(=O)C1(NCc2cccs2)CSCC(C)(C)C1. The second kappa shape index (κ2) is 6.50. The van der Waals surface area contributed by atoms with E-state index >= 15 is 0 Å². The van der Waals surface area contributed by atoms with Gasteiger partial charge in [-0.2, -0.15) is 11.8 Å². The van der Waals surface area contributed by atoms with Crippen LogP contribution in [0.3, 0.4) is 0 Å². The zero-order valence-corrected chi connectivity index (χ0v) is 14.0. The smallest absolute Gasteiger partial charge is 0.327 e. The van der Waals surface area contributed by atoms with Gasteiger partial charge in [0.15, 0.2) is 0 Å². The van der Waals surface area contributed by atoms with Gasteiger partial charge in [0.25, 0.3) is 0 Å². The van der Waals surface area contributed by atoms with Crippen molar-refractivity contribution in [1.82, 2.24) is 5.32 Å². The Balaban J connectivity index is 2.13. The second-order valence-corrected chi connectivity index (χ2v) is 8.09. The highest BCUT2D eigenvalue weighted by molar-refractivity contribution is 7.99. The van der Waals surface area contributed by atoms with Crippen LogP contribution in [-0.2, 0) is 16.1 Å². The Bertz CT molecular complexity index is 445. The fourth-order valence-electron chi connectivity index (χ4n) is 2.68. The van der Waals surface area contributed by atoms with E-state index in [4.69, 9.17) is 4.74 Å². The van der Waals surface area contributed by atoms with Gasteiger partial charge >= 0.3 is 5.97 Å². The predicted octanol–water partition coefficient (Wildman–Crippen LogP) is 3.30. The monoisotopic (exact) mass is 313 g/mol. The number of ether oxygens (including phenoxy) is 1. The predicted molar refractivity (Wildman–Crippen MR) is 86.2 cm³/mol. The zero-order valence-electron chi connectivity index (χ0n) is 12.4. The molecule has 1 aromatic rings. The highest BCUT2D eigenvalue weighted by atomic mass is 32.2. The number of rotatable bonds is 5. The molecule has 1 unspecified atom stereocenters. The van der Waals surface area contributed by atoms with Crippen molar-refractivity contribution < 1.29 is 9.53 Å². The van der Waals surface area contributed by atoms with Crippen molar-refractivity contribution in [3.63, 3.8) is 0 Å². The van der Waals surface area contributed by atoms with E-state index < -0.39 is 5.54 Å². The van der Waals surface area contributed by atoms with Crippen LogP contribution in [0.15, 0.2) is 17.5 Å². The summed E-state index contributed by atoms with van der Waals surface area (Å²) >= 11 is 3.55. The molecule has 1 aliphatic rings. The molecule has 0 saturated carbocycles. The minimum atomic E-state index is -0.549. The molecule has 5 heteroatoms. The van der Waals surface area contributed by atoms with Crippen LogP contribution in [0, 0.1) is 5.41 Å². The lowest BCUT2D eigenvalue weighted by atomic mass is 9.79. The molecule has 0 aliphatic carbocycles. The number of hydrogen-bond donors (Lipinski definition) is 1. The first kappa shape index (κ1) is 15.9. The molecule has 1 saturated heterocycles. The van der Waals surface area contributed by atoms with E-state index in [1.54, 1.807) is 11.3 Å². The van der Waals surface area contributed by atoms with Crippen molar-refractivity contribution in [3.8, 4) is 0 Å². The van der Waals surface area contributed by atoms with Gasteiger partial charge in [-0.3, -0.25) is 10.1 Å². The van der Waals surface area contributed by atoms with E-state index in [9.17, 15) is 4.79 Å². The lowest BCUT2D eigenvalue weighted by molar-refractivity contribution is -0.151. The van der Waals surface area contributed by atoms with Gasteiger partial charge in [-0.05, 0) is 36.0 Å². The van der Waals surface area contributed by atoms with Crippen LogP contribution in [-0.4, -0.2) is 29.6 Å². The van der Waals surface area contributed by atoms with Crippen molar-refractivity contribution in [1.29, 1.82) is 0 Å². The average Bonchev–Trinajstić information content (AvgIpc) is 2.88. The number of thiophene rings is 1. The zero-order chi connectivity index (χ0) is 14.6. The summed E-state index contributed by atoms with van der Waals surface area (Å²) in [5.74, 6) is 1.78. The Morgan fingerprint density at radius 1 is 1.45 bits per heavy atom. The summed E-state index contributed by atoms with van der Waals surface area (Å²) in [6.45, 7) is 7.48. The Morgan fingerprint density at radius 3 is 2.85 bits per heavy atom. The number of carbonyl (C=O) groups is 1. The van der Waals surface area contributed by atoms with Gasteiger partial charge in [0.1, 0.15) is 5.54 Å². The molecule has 0 radical (unpaired) electrons. The number of nitrogens with one attached hydrogen (secondary N) is 1. The van der Waals surface area contributed by atoms with Crippen molar-refractivity contribution in [2.24, 2.45) is 5.41 Å². The molecular weight excluding hydrogens is 290 g/mol. The largest absolute Gasteiger partial charge is 0.465 e. The number of thioether (sulfide) groups is 1. The van der Waals surface area contributed by atoms with Crippen LogP contribution in [0.2, 0.25) is 0 Å². The fraction of sp³-hybridized carbons (Fsp3) is 0.667. The second-order valence-electron chi connectivity index (χ2n) is 6.07. The summed E-state index contributed by atoms with van der Waals surface area (Å²) in [6.07, 6.45) is 0.831. The topological polar surface area (TPSA) is 38.3 Å². The van der Waals surface area contributed by atoms with Gasteiger partial charge < -0.3 is 4.74 Å². The summed E-state index contributed by atoms with van der Waals surface area (Å²) < 4.78 is 5.34. The summed E-state index contributed by atoms with van der Waals surface area (Å²) in [6, 6.07) is 4.13. The Morgan fingerprint density at radius 2 is 2.25 bits per heavy atom. The molecule has 112 valence electrons. The van der Waals surface area contributed by atoms with Crippen LogP contribution in [0.1, 0.15) is 32.1 Å². The van der Waals surface area contributed by atoms with Crippen LogP contribution in [0.25, 0.3) is 0 Å². The van der Waals surface area contributed by atoms with Crippen LogP contribution >= 0.6 is 23.1 Å². The maximum atomic E-state index is 12.5. The Labute approximate surface area is 129 Å². The Kier molecular flexibility index (Phi) is 5.15. The third kappa shape index (κ3) is 3.77. The number of carbonyl (C=O) groups excluding carboxylic acids is 1. The first-order valence-corrected chi connectivity index (χ1v) is 9.03. The molecule has 1 fully saturated rings. The first-order chi connectivity index (χ1) is 9.47. The minimum absolute atomic E-state index is 0.100. The quantitative estimate of drug-likeness (QED) is 0.847. The third-order valence-corrected chi connectivity index (χ3v) is 6.03. The summed E-state index contributed by atoms with van der Waals surface area (Å²) in [4.78, 5) is 13.7. The standard InChI is InChI=1S/C15H23NO2S2/c1-4-18-13(17)15(9-14(2,3)10-19-11-15)16-8-12-6-5-7-20-12/h5-7,16H,4,8-11H2,1-3H3. The summed E-state index contributed by atoms with van der Waals surface area (Å²) in [5, 5.41) is 5.56. The summed E-state index contributed by atoms with van der Waals surface area (Å²) in [7, 11) is 0. The Hall–Kier alpha value is -0.520. The van der Waals surface area contributed by atoms with Crippen molar-refractivity contribution in [3.05, 3.63) is 22.4 Å². The van der Waals surface area contributed by atoms with Crippen LogP contribution < -0.4 is 5.32 Å². The fourth-order valence-corrected chi connectivity index (χ4v) is 4.75. The van der Waals surface area contributed by atoms with E-state index in [-0.39, 0.29) is 11.4 Å². The third-order valence-electron chi connectivity index (χ3n) is 3.47. The van der Waals surface area contributed by atoms with E-state index in [0.717, 1.165) is 24.5 Å². The highest BCUT2D eigenvalue weighted by Crippen LogP contribution is 2.40. The van der Waals surface area contributed by atoms with E-state index in [0.29, 0.717) is 6.61 Å². The maximum absolute atomic E-state index is 12.5. The minimum Gasteiger partial charge on any atom is -0.465 e. The molecule has 1 aliphatic heterocycles. The average molecular weight is 313 g/mol. The van der Waals surface area contributed by atoms with Gasteiger partial charge in [0.2, 0.25) is 0 Å². The van der Waals surface area contributed by atoms with Crippen molar-refractivity contribution >= 4 is 29.1 Å². The number of esters is 1. The molecule has 2 rings (SSSR count). The molecule has 0 spiro atoms. The van der Waals surface area contributed by atoms with Crippen molar-refractivity contribution in [2.45, 2.75) is 39.3 Å². The molecule has 3 nitrogen and oxygen atoms in total. The lowest BCUT2D eigenvalue weighted by Crippen LogP contribution is -2.59. The molecule has 1 atom stereocenters. The van der Waals surface area contributed by atoms with Gasteiger partial charge in [0, 0.05) is 17.2 Å². The van der Waals surface area contributed by atoms with E-state index in [1.807, 2.05) is 24.8 Å². The van der Waals surface area contributed by atoms with E-state index in [2.05, 4.69) is 30.6 Å². The lowest BCUT2D eigenvalue weighted by Gasteiger charge is -2.43. The maximum Gasteiger partial charge on any atom is 0.327 e. The molecule has 1 aromatic heterocycles. The molecular formula is C15H23NO2S2. The van der Waals surface area contributed by atoms with E-state index in [1.165, 1.54) is 4.88 Å². The summed E-state index contributed by atoms with van der Waals surface area (Å²) in [5.41, 5.74) is -0.398. The van der Waals surface area contributed by atoms with Gasteiger partial charge in [-0.15, -0.1) is 11.3 Å². The molecule has 0 amide bonds. The van der Waals surface area contributed by atoms with Crippen LogP contribution in [0.4, 0.5) is 0 Å². The molecule has 0 aromatic carbocycles. The normalized spacial score (nSPS) is 25.4. The number of hydrogen-bond acceptors (Lipinski definition) is 5. The van der Waals surface area contributed by atoms with Gasteiger partial charge in [-0.25, -0.2) is 0 Å². The van der Waals surface area contributed by atoms with Crippen LogP contribution in [0.5, 0.6) is 0 Å².